The van der Waals surface area contributed by atoms with Crippen LogP contribution in [0.5, 0.6) is 0 Å². The maximum atomic E-state index is 13.1. The minimum atomic E-state index is -0.237. The molecule has 3 nitrogen and oxygen atoms in total. The van der Waals surface area contributed by atoms with E-state index in [2.05, 4.69) is 17.0 Å². The van der Waals surface area contributed by atoms with Gasteiger partial charge in [0.2, 0.25) is 0 Å². The minimum Gasteiger partial charge on any atom is -0.422 e. The second-order valence-electron chi connectivity index (χ2n) is 6.77. The lowest BCUT2D eigenvalue weighted by molar-refractivity contribution is 0.522. The summed E-state index contributed by atoms with van der Waals surface area (Å²) in [7, 11) is 0. The fraction of sp³-hybridized carbons (Fsp3) is 0.227. The van der Waals surface area contributed by atoms with Crippen LogP contribution in [-0.2, 0) is 5.75 Å². The summed E-state index contributed by atoms with van der Waals surface area (Å²) in [5, 5.41) is 0. The predicted octanol–water partition coefficient (Wildman–Crippen LogP) is 5.18. The smallest absolute Gasteiger partial charge is 0.346 e. The minimum absolute atomic E-state index is 0.237. The summed E-state index contributed by atoms with van der Waals surface area (Å²) < 4.78 is 5.92. The average molecular weight is 361 g/mol. The van der Waals surface area contributed by atoms with Crippen molar-refractivity contribution >= 4 is 17.4 Å². The lowest BCUT2D eigenvalue weighted by Crippen LogP contribution is -2.24. The normalized spacial score (nSPS) is 15.6. The molecule has 5 rings (SSSR count). The number of benzene rings is 2. The van der Waals surface area contributed by atoms with Gasteiger partial charge in [-0.3, -0.25) is 0 Å². The number of hydrogen-bond acceptors (Lipinski definition) is 4. The van der Waals surface area contributed by atoms with Crippen molar-refractivity contribution in [3.63, 3.8) is 0 Å². The summed E-state index contributed by atoms with van der Waals surface area (Å²) in [6.45, 7) is 2.00. The highest BCUT2D eigenvalue weighted by molar-refractivity contribution is 7.98. The van der Waals surface area contributed by atoms with E-state index >= 15 is 0 Å². The van der Waals surface area contributed by atoms with E-state index < -0.39 is 0 Å². The van der Waals surface area contributed by atoms with Gasteiger partial charge in [-0.2, -0.15) is 0 Å². The van der Waals surface area contributed by atoms with Crippen molar-refractivity contribution in [2.24, 2.45) is 0 Å². The molecule has 130 valence electrons. The van der Waals surface area contributed by atoms with Crippen LogP contribution in [-0.4, -0.2) is 13.1 Å². The summed E-state index contributed by atoms with van der Waals surface area (Å²) in [5.41, 5.74) is 4.70. The van der Waals surface area contributed by atoms with Crippen molar-refractivity contribution in [2.75, 3.05) is 18.0 Å². The van der Waals surface area contributed by atoms with Gasteiger partial charge < -0.3 is 9.32 Å². The summed E-state index contributed by atoms with van der Waals surface area (Å²) in [6, 6.07) is 18.1. The Balaban J connectivity index is 1.82. The number of hydrogen-bond donors (Lipinski definition) is 0. The zero-order chi connectivity index (χ0) is 17.5. The molecule has 0 unspecified atom stereocenters. The Morgan fingerprint density at radius 2 is 1.65 bits per heavy atom. The van der Waals surface area contributed by atoms with Crippen molar-refractivity contribution in [3.05, 3.63) is 70.6 Å². The van der Waals surface area contributed by atoms with E-state index in [1.165, 1.54) is 17.7 Å². The third-order valence-electron chi connectivity index (χ3n) is 5.18. The fourth-order valence-corrected chi connectivity index (χ4v) is 5.05. The molecule has 26 heavy (non-hydrogen) atoms. The summed E-state index contributed by atoms with van der Waals surface area (Å²) in [4.78, 5) is 16.6. The first kappa shape index (κ1) is 15.8. The van der Waals surface area contributed by atoms with Crippen LogP contribution in [0.1, 0.15) is 18.4 Å². The quantitative estimate of drug-likeness (QED) is 0.630. The van der Waals surface area contributed by atoms with Crippen LogP contribution in [0.4, 0.5) is 5.69 Å². The number of thioether (sulfide) groups is 1. The van der Waals surface area contributed by atoms with Crippen molar-refractivity contribution in [3.8, 4) is 22.5 Å². The molecule has 3 heterocycles. The molecule has 0 N–H and O–H groups in total. The SMILES string of the molecule is O=c1oc2c(c(N3CCCC3)c1-c1ccccc1)CSc1ccccc1-2. The van der Waals surface area contributed by atoms with Crippen LogP contribution >= 0.6 is 11.8 Å². The third kappa shape index (κ3) is 2.48. The Kier molecular flexibility index (Phi) is 3.86. The molecule has 0 aliphatic carbocycles. The molecule has 0 radical (unpaired) electrons. The Bertz CT molecular complexity index is 1020. The summed E-state index contributed by atoms with van der Waals surface area (Å²) in [6.07, 6.45) is 2.35. The van der Waals surface area contributed by atoms with Gasteiger partial charge in [0.15, 0.2) is 0 Å². The van der Waals surface area contributed by atoms with Gasteiger partial charge in [-0.1, -0.05) is 48.5 Å². The molecule has 0 atom stereocenters. The van der Waals surface area contributed by atoms with Gasteiger partial charge in [0, 0.05) is 34.9 Å². The highest BCUT2D eigenvalue weighted by atomic mass is 32.2. The largest absolute Gasteiger partial charge is 0.422 e. The first-order valence-corrected chi connectivity index (χ1v) is 10.0. The van der Waals surface area contributed by atoms with Crippen LogP contribution in [0, 0.1) is 0 Å². The number of nitrogens with zero attached hydrogens (tertiary/aromatic N) is 1. The van der Waals surface area contributed by atoms with Gasteiger partial charge in [-0.25, -0.2) is 4.79 Å². The maximum Gasteiger partial charge on any atom is 0.346 e. The van der Waals surface area contributed by atoms with Gasteiger partial charge >= 0.3 is 5.63 Å². The molecule has 0 spiro atoms. The average Bonchev–Trinajstić information content (AvgIpc) is 3.22. The van der Waals surface area contributed by atoms with Crippen LogP contribution in [0.3, 0.4) is 0 Å². The Morgan fingerprint density at radius 3 is 2.46 bits per heavy atom. The summed E-state index contributed by atoms with van der Waals surface area (Å²) >= 11 is 1.83. The molecular weight excluding hydrogens is 342 g/mol. The predicted molar refractivity (Wildman–Crippen MR) is 107 cm³/mol. The van der Waals surface area contributed by atoms with E-state index in [0.29, 0.717) is 5.56 Å². The van der Waals surface area contributed by atoms with Crippen molar-refractivity contribution in [2.45, 2.75) is 23.5 Å². The molecule has 0 saturated carbocycles. The molecule has 4 heteroatoms. The molecular formula is C22H19NO2S. The lowest BCUT2D eigenvalue weighted by Gasteiger charge is -2.28. The Morgan fingerprint density at radius 1 is 0.923 bits per heavy atom. The topological polar surface area (TPSA) is 33.5 Å². The third-order valence-corrected chi connectivity index (χ3v) is 6.28. The molecule has 1 saturated heterocycles. The fourth-order valence-electron chi connectivity index (χ4n) is 3.99. The highest BCUT2D eigenvalue weighted by Gasteiger charge is 2.30. The van der Waals surface area contributed by atoms with E-state index in [4.69, 9.17) is 4.42 Å². The van der Waals surface area contributed by atoms with Crippen LogP contribution < -0.4 is 10.5 Å². The van der Waals surface area contributed by atoms with Gasteiger partial charge in [0.05, 0.1) is 11.3 Å². The van der Waals surface area contributed by atoms with Gasteiger partial charge in [-0.05, 0) is 24.5 Å². The molecule has 2 aliphatic heterocycles. The standard InChI is InChI=1S/C22H19NO2S/c24-22-19(15-8-2-1-3-9-15)20(23-12-6-7-13-23)17-14-26-18-11-5-4-10-16(18)21(17)25-22/h1-5,8-11H,6-7,12-14H2. The number of rotatable bonds is 2. The molecule has 0 bridgehead atoms. The highest BCUT2D eigenvalue weighted by Crippen LogP contribution is 2.47. The second-order valence-corrected chi connectivity index (χ2v) is 7.78. The Labute approximate surface area is 156 Å². The first-order chi connectivity index (χ1) is 12.8. The van der Waals surface area contributed by atoms with Gasteiger partial charge in [-0.15, -0.1) is 11.8 Å². The van der Waals surface area contributed by atoms with Crippen LogP contribution in [0.25, 0.3) is 22.5 Å². The van der Waals surface area contributed by atoms with E-state index in [-0.39, 0.29) is 5.63 Å². The summed E-state index contributed by atoms with van der Waals surface area (Å²) in [5.74, 6) is 1.59. The zero-order valence-corrected chi connectivity index (χ0v) is 15.2. The molecule has 2 aliphatic rings. The van der Waals surface area contributed by atoms with Crippen molar-refractivity contribution in [1.82, 2.24) is 0 Å². The zero-order valence-electron chi connectivity index (χ0n) is 14.4. The molecule has 1 aromatic heterocycles. The second kappa shape index (κ2) is 6.36. The van der Waals surface area contributed by atoms with Crippen molar-refractivity contribution < 1.29 is 4.42 Å². The number of fused-ring (bicyclic) bond motifs is 3. The molecule has 0 amide bonds. The Hall–Kier alpha value is -2.46. The maximum absolute atomic E-state index is 13.1. The van der Waals surface area contributed by atoms with Crippen molar-refractivity contribution in [1.29, 1.82) is 0 Å². The first-order valence-electron chi connectivity index (χ1n) is 9.05. The molecule has 2 aromatic carbocycles. The van der Waals surface area contributed by atoms with E-state index in [0.717, 1.165) is 47.0 Å². The number of anilines is 1. The molecule has 3 aromatic rings. The lowest BCUT2D eigenvalue weighted by atomic mass is 9.98. The van der Waals surface area contributed by atoms with E-state index in [9.17, 15) is 4.79 Å². The van der Waals surface area contributed by atoms with Crippen LogP contribution in [0.2, 0.25) is 0 Å². The van der Waals surface area contributed by atoms with Crippen LogP contribution in [0.15, 0.2) is 68.7 Å². The molecule has 1 fully saturated rings. The van der Waals surface area contributed by atoms with E-state index in [1.54, 1.807) is 0 Å². The van der Waals surface area contributed by atoms with Gasteiger partial charge in [0.1, 0.15) is 5.76 Å². The van der Waals surface area contributed by atoms with E-state index in [1.807, 2.05) is 54.2 Å². The monoisotopic (exact) mass is 361 g/mol. The van der Waals surface area contributed by atoms with Gasteiger partial charge in [0.25, 0.3) is 0 Å².